The molecule has 0 saturated carbocycles. The molecular formula is C25H34N6O. The highest BCUT2D eigenvalue weighted by Gasteiger charge is 2.28. The maximum atomic E-state index is 7.83. The van der Waals surface area contributed by atoms with Crippen LogP contribution in [0.2, 0.25) is 0 Å². The van der Waals surface area contributed by atoms with Gasteiger partial charge in [0.2, 0.25) is 0 Å². The van der Waals surface area contributed by atoms with E-state index in [1.807, 2.05) is 13.2 Å². The van der Waals surface area contributed by atoms with Crippen LogP contribution < -0.4 is 10.6 Å². The van der Waals surface area contributed by atoms with E-state index in [9.17, 15) is 0 Å². The lowest BCUT2D eigenvalue weighted by Gasteiger charge is -2.25. The van der Waals surface area contributed by atoms with Crippen molar-refractivity contribution < 1.29 is 4.74 Å². The molecule has 1 aromatic heterocycles. The number of allylic oxidation sites excluding steroid dienone is 1. The van der Waals surface area contributed by atoms with E-state index in [0.29, 0.717) is 6.04 Å². The smallest absolute Gasteiger partial charge is 0.0974 e. The van der Waals surface area contributed by atoms with Crippen LogP contribution in [-0.2, 0) is 30.7 Å². The summed E-state index contributed by atoms with van der Waals surface area (Å²) in [5, 5.41) is 19.8. The summed E-state index contributed by atoms with van der Waals surface area (Å²) < 4.78 is 7.96. The topological polar surface area (TPSA) is 78.2 Å². The first-order valence-corrected chi connectivity index (χ1v) is 11.9. The SMILES string of the molecule is CN/C=C(\C=N)N1CCCc2c(cccc2-c2nn(C3CCOCC3)c3c2CNCC3)C1. The quantitative estimate of drug-likeness (QED) is 0.631. The average Bonchev–Trinajstić information content (AvgIpc) is 3.08. The van der Waals surface area contributed by atoms with E-state index in [2.05, 4.69) is 38.4 Å². The third-order valence-electron chi connectivity index (χ3n) is 7.04. The van der Waals surface area contributed by atoms with Gasteiger partial charge in [-0.15, -0.1) is 0 Å². The molecule has 4 heterocycles. The molecule has 0 spiro atoms. The fourth-order valence-corrected chi connectivity index (χ4v) is 5.45. The highest BCUT2D eigenvalue weighted by molar-refractivity contribution is 5.75. The number of nitrogens with one attached hydrogen (secondary N) is 3. The normalized spacial score (nSPS) is 19.8. The maximum absolute atomic E-state index is 7.83. The number of nitrogens with zero attached hydrogens (tertiary/aromatic N) is 3. The monoisotopic (exact) mass is 434 g/mol. The van der Waals surface area contributed by atoms with Gasteiger partial charge in [0, 0.05) is 82.1 Å². The molecule has 0 radical (unpaired) electrons. The van der Waals surface area contributed by atoms with Crippen LogP contribution >= 0.6 is 0 Å². The highest BCUT2D eigenvalue weighted by atomic mass is 16.5. The summed E-state index contributed by atoms with van der Waals surface area (Å²) in [6.07, 6.45) is 8.61. The molecule has 170 valence electrons. The van der Waals surface area contributed by atoms with Crippen LogP contribution in [0.5, 0.6) is 0 Å². The Hall–Kier alpha value is -2.64. The maximum Gasteiger partial charge on any atom is 0.0974 e. The van der Waals surface area contributed by atoms with Crippen molar-refractivity contribution in [3.63, 3.8) is 0 Å². The second kappa shape index (κ2) is 9.46. The lowest BCUT2D eigenvalue weighted by Crippen LogP contribution is -2.28. The Balaban J connectivity index is 1.55. The molecule has 3 aliphatic heterocycles. The van der Waals surface area contributed by atoms with Crippen molar-refractivity contribution in [1.29, 1.82) is 5.41 Å². The Morgan fingerprint density at radius 1 is 1.25 bits per heavy atom. The largest absolute Gasteiger partial charge is 0.392 e. The molecule has 7 heteroatoms. The van der Waals surface area contributed by atoms with Crippen LogP contribution in [0.15, 0.2) is 30.1 Å². The van der Waals surface area contributed by atoms with Crippen LogP contribution in [-0.4, -0.2) is 54.2 Å². The number of hydrogen-bond acceptors (Lipinski definition) is 6. The van der Waals surface area contributed by atoms with Crippen molar-refractivity contribution in [3.8, 4) is 11.3 Å². The molecule has 1 aromatic carbocycles. The van der Waals surface area contributed by atoms with Gasteiger partial charge in [0.1, 0.15) is 0 Å². The van der Waals surface area contributed by atoms with Crippen LogP contribution in [0, 0.1) is 5.41 Å². The highest BCUT2D eigenvalue weighted by Crippen LogP contribution is 2.36. The number of fused-ring (bicyclic) bond motifs is 2. The summed E-state index contributed by atoms with van der Waals surface area (Å²) in [5.41, 5.74) is 8.96. The molecular weight excluding hydrogens is 400 g/mol. The lowest BCUT2D eigenvalue weighted by atomic mass is 9.93. The van der Waals surface area contributed by atoms with Gasteiger partial charge in [-0.2, -0.15) is 5.10 Å². The molecule has 32 heavy (non-hydrogen) atoms. The first kappa shape index (κ1) is 21.2. The Morgan fingerprint density at radius 2 is 2.12 bits per heavy atom. The summed E-state index contributed by atoms with van der Waals surface area (Å²) in [6, 6.07) is 7.14. The Bertz CT molecular complexity index is 1000. The van der Waals surface area contributed by atoms with Crippen molar-refractivity contribution in [2.75, 3.05) is 33.4 Å². The minimum atomic E-state index is 0.448. The van der Waals surface area contributed by atoms with Crippen LogP contribution in [0.1, 0.15) is 47.7 Å². The van der Waals surface area contributed by atoms with E-state index < -0.39 is 0 Å². The van der Waals surface area contributed by atoms with Gasteiger partial charge in [0.25, 0.3) is 0 Å². The second-order valence-electron chi connectivity index (χ2n) is 8.96. The summed E-state index contributed by atoms with van der Waals surface area (Å²) in [4.78, 5) is 2.30. The molecule has 0 bridgehead atoms. The molecule has 7 nitrogen and oxygen atoms in total. The first-order valence-electron chi connectivity index (χ1n) is 11.9. The summed E-state index contributed by atoms with van der Waals surface area (Å²) >= 11 is 0. The van der Waals surface area contributed by atoms with Gasteiger partial charge in [0.15, 0.2) is 0 Å². The Morgan fingerprint density at radius 3 is 2.94 bits per heavy atom. The number of benzene rings is 1. The van der Waals surface area contributed by atoms with Gasteiger partial charge in [0.05, 0.1) is 17.4 Å². The molecule has 3 aliphatic rings. The van der Waals surface area contributed by atoms with E-state index in [1.165, 1.54) is 39.9 Å². The first-order chi connectivity index (χ1) is 15.8. The summed E-state index contributed by atoms with van der Waals surface area (Å²) in [6.45, 7) is 5.36. The second-order valence-corrected chi connectivity index (χ2v) is 8.96. The van der Waals surface area contributed by atoms with Gasteiger partial charge in [-0.1, -0.05) is 18.2 Å². The third kappa shape index (κ3) is 3.95. The number of hydrogen-bond donors (Lipinski definition) is 3. The average molecular weight is 435 g/mol. The fourth-order valence-electron chi connectivity index (χ4n) is 5.45. The standard InChI is InChI=1S/C25H34N6O/c1-27-15-20(14-26)30-11-3-6-21-18(17-30)4-2-5-22(21)25-23-16-28-10-7-24(23)31(29-25)19-8-12-32-13-9-19/h2,4-5,14-15,19,26-28H,3,6-13,16-17H2,1H3/b20-15+,26-14?. The van der Waals surface area contributed by atoms with Crippen LogP contribution in [0.3, 0.4) is 0 Å². The van der Waals surface area contributed by atoms with Crippen LogP contribution in [0.25, 0.3) is 11.3 Å². The minimum Gasteiger partial charge on any atom is -0.392 e. The number of aromatic nitrogens is 2. The van der Waals surface area contributed by atoms with Crippen molar-refractivity contribution in [1.82, 2.24) is 25.3 Å². The Labute approximate surface area is 190 Å². The zero-order valence-corrected chi connectivity index (χ0v) is 19.0. The van der Waals surface area contributed by atoms with Crippen LogP contribution in [0.4, 0.5) is 0 Å². The lowest BCUT2D eigenvalue weighted by molar-refractivity contribution is 0.0654. The van der Waals surface area contributed by atoms with Gasteiger partial charge in [-0.25, -0.2) is 0 Å². The molecule has 0 atom stereocenters. The van der Waals surface area contributed by atoms with E-state index in [0.717, 1.165) is 77.2 Å². The zero-order valence-electron chi connectivity index (χ0n) is 19.0. The third-order valence-corrected chi connectivity index (χ3v) is 7.04. The fraction of sp³-hybridized carbons (Fsp3) is 0.520. The predicted octanol–water partition coefficient (Wildman–Crippen LogP) is 3.01. The molecule has 3 N–H and O–H groups in total. The van der Waals surface area contributed by atoms with Gasteiger partial charge in [-0.3, -0.25) is 4.68 Å². The van der Waals surface area contributed by atoms with Gasteiger partial charge < -0.3 is 25.7 Å². The van der Waals surface area contributed by atoms with E-state index in [-0.39, 0.29) is 0 Å². The van der Waals surface area contributed by atoms with Crippen molar-refractivity contribution in [2.24, 2.45) is 0 Å². The molecule has 0 amide bonds. The predicted molar refractivity (Wildman–Crippen MR) is 127 cm³/mol. The molecule has 5 rings (SSSR count). The van der Waals surface area contributed by atoms with Crippen molar-refractivity contribution >= 4 is 6.21 Å². The van der Waals surface area contributed by atoms with E-state index in [4.69, 9.17) is 15.2 Å². The van der Waals surface area contributed by atoms with Crippen molar-refractivity contribution in [2.45, 2.75) is 51.2 Å². The zero-order chi connectivity index (χ0) is 21.9. The molecule has 1 saturated heterocycles. The Kier molecular flexibility index (Phi) is 6.28. The molecule has 0 aliphatic carbocycles. The van der Waals surface area contributed by atoms with Crippen molar-refractivity contribution in [3.05, 3.63) is 52.5 Å². The summed E-state index contributed by atoms with van der Waals surface area (Å²) in [7, 11) is 1.89. The van der Waals surface area contributed by atoms with E-state index in [1.54, 1.807) is 0 Å². The summed E-state index contributed by atoms with van der Waals surface area (Å²) in [5.74, 6) is 0. The number of ether oxygens (including phenoxy) is 1. The molecule has 1 fully saturated rings. The van der Waals surface area contributed by atoms with Gasteiger partial charge >= 0.3 is 0 Å². The minimum absolute atomic E-state index is 0.448. The molecule has 0 unspecified atom stereocenters. The molecule has 2 aromatic rings. The van der Waals surface area contributed by atoms with E-state index >= 15 is 0 Å². The number of rotatable bonds is 5. The van der Waals surface area contributed by atoms with Gasteiger partial charge in [-0.05, 0) is 36.8 Å².